The lowest BCUT2D eigenvalue weighted by Gasteiger charge is -2.27. The van der Waals surface area contributed by atoms with Gasteiger partial charge >= 0.3 is 0 Å². The second-order valence-electron chi connectivity index (χ2n) is 5.50. The number of hydrogen-bond donors (Lipinski definition) is 1. The van der Waals surface area contributed by atoms with Crippen LogP contribution in [0.3, 0.4) is 0 Å². The van der Waals surface area contributed by atoms with Crippen LogP contribution in [0.4, 0.5) is 5.69 Å². The summed E-state index contributed by atoms with van der Waals surface area (Å²) in [5, 5.41) is 3.00. The first-order chi connectivity index (χ1) is 10.1. The molecular weight excluding hydrogens is 266 g/mol. The first-order valence-corrected chi connectivity index (χ1v) is 7.80. The predicted molar refractivity (Wildman–Crippen MR) is 83.8 cm³/mol. The largest absolute Gasteiger partial charge is 0.494 e. The molecule has 0 saturated heterocycles. The molecule has 1 aromatic carbocycles. The molecular formula is C17H25NO3. The van der Waals surface area contributed by atoms with Gasteiger partial charge in [0.25, 0.3) is 5.91 Å². The fourth-order valence-corrected chi connectivity index (χ4v) is 2.95. The van der Waals surface area contributed by atoms with Crippen molar-refractivity contribution < 1.29 is 14.3 Å². The van der Waals surface area contributed by atoms with Crippen molar-refractivity contribution in [1.29, 1.82) is 0 Å². The Balaban J connectivity index is 2.10. The van der Waals surface area contributed by atoms with Crippen LogP contribution < -0.4 is 10.1 Å². The first-order valence-electron chi connectivity index (χ1n) is 7.80. The van der Waals surface area contributed by atoms with Crippen LogP contribution in [0.1, 0.15) is 45.1 Å². The highest BCUT2D eigenvalue weighted by Gasteiger charge is 2.41. The minimum atomic E-state index is -0.638. The van der Waals surface area contributed by atoms with Gasteiger partial charge in [-0.2, -0.15) is 0 Å². The molecule has 0 unspecified atom stereocenters. The molecule has 116 valence electrons. The molecule has 1 N–H and O–H groups in total. The summed E-state index contributed by atoms with van der Waals surface area (Å²) in [6.07, 6.45) is 3.72. The van der Waals surface area contributed by atoms with Gasteiger partial charge in [-0.15, -0.1) is 0 Å². The van der Waals surface area contributed by atoms with Crippen LogP contribution in [-0.4, -0.2) is 24.7 Å². The monoisotopic (exact) mass is 291 g/mol. The van der Waals surface area contributed by atoms with E-state index >= 15 is 0 Å². The Bertz CT molecular complexity index is 493. The normalized spacial score (nSPS) is 16.7. The molecule has 0 aliphatic heterocycles. The van der Waals surface area contributed by atoms with Crippen molar-refractivity contribution in [1.82, 2.24) is 0 Å². The van der Waals surface area contributed by atoms with Gasteiger partial charge in [0.15, 0.2) is 0 Å². The van der Waals surface area contributed by atoms with E-state index in [1.807, 2.05) is 39.0 Å². The van der Waals surface area contributed by atoms with Crippen LogP contribution in [0.25, 0.3) is 0 Å². The number of amides is 1. The van der Waals surface area contributed by atoms with E-state index in [-0.39, 0.29) is 5.91 Å². The number of aryl methyl sites for hydroxylation is 1. The number of carbonyl (C=O) groups excluding carboxylic acids is 1. The van der Waals surface area contributed by atoms with Gasteiger partial charge in [0.05, 0.1) is 6.61 Å². The average molecular weight is 291 g/mol. The molecule has 0 aromatic heterocycles. The molecule has 4 nitrogen and oxygen atoms in total. The summed E-state index contributed by atoms with van der Waals surface area (Å²) in [6.45, 7) is 7.08. The summed E-state index contributed by atoms with van der Waals surface area (Å²) in [4.78, 5) is 12.6. The highest BCUT2D eigenvalue weighted by molar-refractivity contribution is 5.97. The Kier molecular flexibility index (Phi) is 5.23. The summed E-state index contributed by atoms with van der Waals surface area (Å²) in [7, 11) is 0. The average Bonchev–Trinajstić information content (AvgIpc) is 2.92. The van der Waals surface area contributed by atoms with Gasteiger partial charge in [-0.1, -0.05) is 0 Å². The van der Waals surface area contributed by atoms with E-state index in [0.29, 0.717) is 13.2 Å². The van der Waals surface area contributed by atoms with Crippen molar-refractivity contribution in [2.24, 2.45) is 0 Å². The van der Waals surface area contributed by atoms with Crippen molar-refractivity contribution in [3.63, 3.8) is 0 Å². The van der Waals surface area contributed by atoms with Crippen molar-refractivity contribution in [2.45, 2.75) is 52.1 Å². The van der Waals surface area contributed by atoms with Crippen LogP contribution in [0, 0.1) is 6.92 Å². The Labute approximate surface area is 126 Å². The quantitative estimate of drug-likeness (QED) is 0.869. The number of nitrogens with one attached hydrogen (secondary N) is 1. The SMILES string of the molecule is CCOc1ccc(NC(=O)C2(OCC)CCCC2)cc1C. The highest BCUT2D eigenvalue weighted by Crippen LogP contribution is 2.34. The van der Waals surface area contributed by atoms with Crippen LogP contribution >= 0.6 is 0 Å². The molecule has 0 bridgehead atoms. The Morgan fingerprint density at radius 3 is 2.52 bits per heavy atom. The number of hydrogen-bond acceptors (Lipinski definition) is 3. The first kappa shape index (κ1) is 15.8. The third kappa shape index (κ3) is 3.56. The van der Waals surface area contributed by atoms with Crippen LogP contribution in [-0.2, 0) is 9.53 Å². The lowest BCUT2D eigenvalue weighted by Crippen LogP contribution is -2.43. The topological polar surface area (TPSA) is 47.6 Å². The van der Waals surface area contributed by atoms with Crippen molar-refractivity contribution in [3.05, 3.63) is 23.8 Å². The minimum Gasteiger partial charge on any atom is -0.494 e. The molecule has 0 spiro atoms. The van der Waals surface area contributed by atoms with Crippen LogP contribution in [0.15, 0.2) is 18.2 Å². The van der Waals surface area contributed by atoms with E-state index in [1.165, 1.54) is 0 Å². The Morgan fingerprint density at radius 2 is 1.95 bits per heavy atom. The summed E-state index contributed by atoms with van der Waals surface area (Å²) in [5.74, 6) is 0.835. The number of anilines is 1. The zero-order chi connectivity index (χ0) is 15.3. The molecule has 1 amide bonds. The summed E-state index contributed by atoms with van der Waals surface area (Å²) in [5.41, 5.74) is 1.18. The third-order valence-electron chi connectivity index (χ3n) is 3.98. The van der Waals surface area contributed by atoms with Gasteiger partial charge < -0.3 is 14.8 Å². The van der Waals surface area contributed by atoms with Gasteiger partial charge in [0, 0.05) is 12.3 Å². The molecule has 1 fully saturated rings. The van der Waals surface area contributed by atoms with Gasteiger partial charge in [0.2, 0.25) is 0 Å². The molecule has 4 heteroatoms. The smallest absolute Gasteiger partial charge is 0.256 e. The lowest BCUT2D eigenvalue weighted by atomic mass is 10.0. The number of carbonyl (C=O) groups is 1. The van der Waals surface area contributed by atoms with Gasteiger partial charge in [-0.05, 0) is 70.2 Å². The molecule has 1 aliphatic rings. The second kappa shape index (κ2) is 6.94. The maximum absolute atomic E-state index is 12.6. The van der Waals surface area contributed by atoms with Crippen molar-refractivity contribution >= 4 is 11.6 Å². The van der Waals surface area contributed by atoms with E-state index in [1.54, 1.807) is 0 Å². The summed E-state index contributed by atoms with van der Waals surface area (Å²) >= 11 is 0. The van der Waals surface area contributed by atoms with E-state index < -0.39 is 5.60 Å². The third-order valence-corrected chi connectivity index (χ3v) is 3.98. The number of benzene rings is 1. The van der Waals surface area contributed by atoms with Gasteiger partial charge in [-0.25, -0.2) is 0 Å². The zero-order valence-corrected chi connectivity index (χ0v) is 13.2. The zero-order valence-electron chi connectivity index (χ0n) is 13.2. The second-order valence-corrected chi connectivity index (χ2v) is 5.50. The van der Waals surface area contributed by atoms with E-state index in [4.69, 9.17) is 9.47 Å². The number of rotatable bonds is 6. The fraction of sp³-hybridized carbons (Fsp3) is 0.588. The molecule has 21 heavy (non-hydrogen) atoms. The molecule has 1 aromatic rings. The lowest BCUT2D eigenvalue weighted by molar-refractivity contribution is -0.140. The highest BCUT2D eigenvalue weighted by atomic mass is 16.5. The predicted octanol–water partition coefficient (Wildman–Crippen LogP) is 3.68. The summed E-state index contributed by atoms with van der Waals surface area (Å²) < 4.78 is 11.3. The molecule has 1 saturated carbocycles. The maximum Gasteiger partial charge on any atom is 0.256 e. The standard InChI is InChI=1S/C17H25NO3/c1-4-20-15-9-8-14(12-13(15)3)18-16(19)17(21-5-2)10-6-7-11-17/h8-9,12H,4-7,10-11H2,1-3H3,(H,18,19). The van der Waals surface area contributed by atoms with Crippen LogP contribution in [0.2, 0.25) is 0 Å². The Hall–Kier alpha value is -1.55. The molecule has 0 radical (unpaired) electrons. The molecule has 0 atom stereocenters. The van der Waals surface area contributed by atoms with E-state index in [9.17, 15) is 4.79 Å². The van der Waals surface area contributed by atoms with E-state index in [2.05, 4.69) is 5.32 Å². The van der Waals surface area contributed by atoms with Crippen LogP contribution in [0.5, 0.6) is 5.75 Å². The number of ether oxygens (including phenoxy) is 2. The van der Waals surface area contributed by atoms with Crippen molar-refractivity contribution in [3.8, 4) is 5.75 Å². The Morgan fingerprint density at radius 1 is 1.24 bits per heavy atom. The molecule has 0 heterocycles. The minimum absolute atomic E-state index is 0.0228. The van der Waals surface area contributed by atoms with Gasteiger partial charge in [-0.3, -0.25) is 4.79 Å². The maximum atomic E-state index is 12.6. The van der Waals surface area contributed by atoms with E-state index in [0.717, 1.165) is 42.7 Å². The fourth-order valence-electron chi connectivity index (χ4n) is 2.95. The molecule has 2 rings (SSSR count). The van der Waals surface area contributed by atoms with Crippen molar-refractivity contribution in [2.75, 3.05) is 18.5 Å². The van der Waals surface area contributed by atoms with Gasteiger partial charge in [0.1, 0.15) is 11.4 Å². The summed E-state index contributed by atoms with van der Waals surface area (Å²) in [6, 6.07) is 5.72. The molecule has 1 aliphatic carbocycles.